The third-order valence-electron chi connectivity index (χ3n) is 4.30. The number of nitriles is 2. The lowest BCUT2D eigenvalue weighted by Gasteiger charge is -2.02. The molecule has 8 nitrogen and oxygen atoms in total. The van der Waals surface area contributed by atoms with Crippen molar-refractivity contribution in [3.63, 3.8) is 0 Å². The number of hydrogen-bond acceptors (Lipinski definition) is 8. The third-order valence-corrected chi connectivity index (χ3v) is 4.30. The van der Waals surface area contributed by atoms with Gasteiger partial charge in [-0.3, -0.25) is 20.8 Å². The second kappa shape index (κ2) is 13.8. The average Bonchev–Trinajstić information content (AvgIpc) is 2.83. The van der Waals surface area contributed by atoms with E-state index in [4.69, 9.17) is 0 Å². The highest BCUT2D eigenvalue weighted by Gasteiger charge is 2.04. The van der Waals surface area contributed by atoms with Gasteiger partial charge in [-0.1, -0.05) is 36.4 Å². The first-order chi connectivity index (χ1) is 15.6. The van der Waals surface area contributed by atoms with Crippen LogP contribution in [0.5, 0.6) is 0 Å². The molecule has 8 heteroatoms. The fraction of sp³-hybridized carbons (Fsp3) is 0.250. The van der Waals surface area contributed by atoms with Crippen molar-refractivity contribution in [3.05, 3.63) is 60.7 Å². The Kier molecular flexibility index (Phi) is 10.4. The molecule has 0 bridgehead atoms. The molecule has 2 aromatic carbocycles. The minimum absolute atomic E-state index is 0.253. The highest BCUT2D eigenvalue weighted by atomic mass is 15.3. The lowest BCUT2D eigenvalue weighted by atomic mass is 10.2. The number of benzene rings is 2. The van der Waals surface area contributed by atoms with Crippen molar-refractivity contribution >= 4 is 34.2 Å². The van der Waals surface area contributed by atoms with Gasteiger partial charge >= 0.3 is 0 Å². The van der Waals surface area contributed by atoms with E-state index in [-0.39, 0.29) is 11.4 Å². The van der Waals surface area contributed by atoms with Crippen molar-refractivity contribution in [1.29, 1.82) is 10.5 Å². The summed E-state index contributed by atoms with van der Waals surface area (Å²) in [4.78, 5) is 8.85. The molecule has 0 amide bonds. The molecule has 0 spiro atoms. The van der Waals surface area contributed by atoms with Crippen LogP contribution in [0.3, 0.4) is 0 Å². The SMILES string of the molecule is CC(=NCCCCN=C(C)/C(C#N)=N/Nc1ccccc1)/C(C#N)=N/Nc1ccccc1. The molecule has 0 heterocycles. The van der Waals surface area contributed by atoms with Crippen molar-refractivity contribution < 1.29 is 0 Å². The molecule has 2 N–H and O–H groups in total. The molecule has 0 aliphatic heterocycles. The van der Waals surface area contributed by atoms with Crippen LogP contribution in [0.1, 0.15) is 26.7 Å². The van der Waals surface area contributed by atoms with Gasteiger partial charge in [0.2, 0.25) is 0 Å². The highest BCUT2D eigenvalue weighted by molar-refractivity contribution is 6.48. The van der Waals surface area contributed by atoms with Crippen molar-refractivity contribution in [2.24, 2.45) is 20.2 Å². The second-order valence-corrected chi connectivity index (χ2v) is 6.74. The van der Waals surface area contributed by atoms with Crippen LogP contribution in [0.4, 0.5) is 11.4 Å². The van der Waals surface area contributed by atoms with E-state index in [1.165, 1.54) is 0 Å². The number of rotatable bonds is 11. The Morgan fingerprint density at radius 2 is 1.06 bits per heavy atom. The minimum Gasteiger partial charge on any atom is -0.287 e. The summed E-state index contributed by atoms with van der Waals surface area (Å²) in [7, 11) is 0. The predicted octanol–water partition coefficient (Wildman–Crippen LogP) is 4.67. The largest absolute Gasteiger partial charge is 0.287 e. The molecule has 0 aromatic heterocycles. The molecule has 0 saturated heterocycles. The van der Waals surface area contributed by atoms with E-state index in [1.54, 1.807) is 13.8 Å². The number of hydrazone groups is 2. The summed E-state index contributed by atoms with van der Waals surface area (Å²) in [6.07, 6.45) is 1.61. The van der Waals surface area contributed by atoms with Gasteiger partial charge in [-0.05, 0) is 51.0 Å². The first-order valence-electron chi connectivity index (χ1n) is 10.2. The Bertz CT molecular complexity index is 967. The van der Waals surface area contributed by atoms with Crippen molar-refractivity contribution in [2.45, 2.75) is 26.7 Å². The monoisotopic (exact) mass is 426 g/mol. The number of nitrogens with one attached hydrogen (secondary N) is 2. The second-order valence-electron chi connectivity index (χ2n) is 6.74. The van der Waals surface area contributed by atoms with Gasteiger partial charge in [0.1, 0.15) is 12.1 Å². The van der Waals surface area contributed by atoms with E-state index >= 15 is 0 Å². The molecule has 32 heavy (non-hydrogen) atoms. The van der Waals surface area contributed by atoms with Gasteiger partial charge in [0.25, 0.3) is 0 Å². The van der Waals surface area contributed by atoms with Crippen molar-refractivity contribution in [1.82, 2.24) is 0 Å². The molecule has 0 atom stereocenters. The smallest absolute Gasteiger partial charge is 0.181 e. The Morgan fingerprint density at radius 3 is 1.41 bits per heavy atom. The van der Waals surface area contributed by atoms with Crippen LogP contribution in [0.25, 0.3) is 0 Å². The fourth-order valence-corrected chi connectivity index (χ4v) is 2.51. The number of anilines is 2. The van der Waals surface area contributed by atoms with Crippen LogP contribution in [0, 0.1) is 22.7 Å². The lowest BCUT2D eigenvalue weighted by Crippen LogP contribution is -2.12. The van der Waals surface area contributed by atoms with Crippen molar-refractivity contribution in [2.75, 3.05) is 23.9 Å². The minimum atomic E-state index is 0.253. The molecule has 0 radical (unpaired) electrons. The lowest BCUT2D eigenvalue weighted by molar-refractivity contribution is 0.758. The zero-order valence-electron chi connectivity index (χ0n) is 18.3. The normalized spacial score (nSPS) is 12.6. The summed E-state index contributed by atoms with van der Waals surface area (Å²) < 4.78 is 0. The molecule has 0 saturated carbocycles. The van der Waals surface area contributed by atoms with E-state index in [2.05, 4.69) is 43.2 Å². The van der Waals surface area contributed by atoms with E-state index in [1.807, 2.05) is 60.7 Å². The van der Waals surface area contributed by atoms with E-state index in [0.717, 1.165) is 24.2 Å². The molecule has 162 valence electrons. The van der Waals surface area contributed by atoms with Gasteiger partial charge in [-0.25, -0.2) is 0 Å². The molecular formula is C24H26N8. The standard InChI is InChI=1S/C24H26N8/c1-19(23(17-25)31-29-21-11-5-3-6-12-21)27-15-9-10-16-28-20(2)24(18-26)32-30-22-13-7-4-8-14-22/h3-8,11-14,29-30H,9-10,15-16H2,1-2H3/b27-19?,28-20?,31-23+,32-24+. The molecule has 0 aliphatic carbocycles. The summed E-state index contributed by atoms with van der Waals surface area (Å²) >= 11 is 0. The number of nitrogens with zero attached hydrogens (tertiary/aromatic N) is 6. The molecule has 2 aromatic rings. The van der Waals surface area contributed by atoms with Crippen LogP contribution in [0.2, 0.25) is 0 Å². The Labute approximate surface area is 188 Å². The van der Waals surface area contributed by atoms with E-state index in [0.29, 0.717) is 24.5 Å². The molecular weight excluding hydrogens is 400 g/mol. The topological polar surface area (TPSA) is 121 Å². The Hall–Kier alpha value is -4.30. The molecule has 0 unspecified atom stereocenters. The zero-order valence-corrected chi connectivity index (χ0v) is 18.3. The maximum absolute atomic E-state index is 9.31. The van der Waals surface area contributed by atoms with Crippen LogP contribution in [0.15, 0.2) is 80.9 Å². The average molecular weight is 427 g/mol. The van der Waals surface area contributed by atoms with Crippen molar-refractivity contribution in [3.8, 4) is 12.1 Å². The molecule has 0 fully saturated rings. The van der Waals surface area contributed by atoms with E-state index < -0.39 is 0 Å². The quantitative estimate of drug-likeness (QED) is 0.308. The summed E-state index contributed by atoms with van der Waals surface area (Å²) in [5, 5.41) is 26.9. The summed E-state index contributed by atoms with van der Waals surface area (Å²) in [5.74, 6) is 0. The fourth-order valence-electron chi connectivity index (χ4n) is 2.51. The zero-order chi connectivity index (χ0) is 23.0. The van der Waals surface area contributed by atoms with E-state index in [9.17, 15) is 10.5 Å². The first kappa shape index (κ1) is 24.0. The maximum Gasteiger partial charge on any atom is 0.181 e. The number of unbranched alkanes of at least 4 members (excludes halogenated alkanes) is 1. The summed E-state index contributed by atoms with van der Waals surface area (Å²) in [6, 6.07) is 23.0. The van der Waals surface area contributed by atoms with Gasteiger partial charge in [0.15, 0.2) is 11.4 Å². The highest BCUT2D eigenvalue weighted by Crippen LogP contribution is 2.06. The van der Waals surface area contributed by atoms with Gasteiger partial charge in [0.05, 0.1) is 22.8 Å². The summed E-state index contributed by atoms with van der Waals surface area (Å²) in [6.45, 7) is 4.68. The van der Waals surface area contributed by atoms with Crippen LogP contribution in [-0.4, -0.2) is 35.9 Å². The Morgan fingerprint density at radius 1 is 0.688 bits per heavy atom. The maximum atomic E-state index is 9.31. The van der Waals surface area contributed by atoms with Gasteiger partial charge < -0.3 is 0 Å². The van der Waals surface area contributed by atoms with Gasteiger partial charge in [-0.2, -0.15) is 20.7 Å². The first-order valence-corrected chi connectivity index (χ1v) is 10.2. The van der Waals surface area contributed by atoms with Crippen LogP contribution in [-0.2, 0) is 0 Å². The predicted molar refractivity (Wildman–Crippen MR) is 131 cm³/mol. The van der Waals surface area contributed by atoms with Gasteiger partial charge in [-0.15, -0.1) is 0 Å². The third kappa shape index (κ3) is 8.60. The number of hydrogen-bond donors (Lipinski definition) is 2. The molecule has 2 rings (SSSR count). The summed E-state index contributed by atoms with van der Waals surface area (Å²) in [5.41, 5.74) is 9.01. The number of aliphatic imine (C=N–C) groups is 2. The number of para-hydroxylation sites is 2. The van der Waals surface area contributed by atoms with Gasteiger partial charge in [0, 0.05) is 13.1 Å². The van der Waals surface area contributed by atoms with Crippen LogP contribution < -0.4 is 10.9 Å². The Balaban J connectivity index is 1.78. The van der Waals surface area contributed by atoms with Crippen LogP contribution >= 0.6 is 0 Å². The molecule has 0 aliphatic rings.